The molecule has 0 heterocycles. The molecule has 0 saturated heterocycles. The van der Waals surface area contributed by atoms with Gasteiger partial charge in [-0.1, -0.05) is 104 Å². The predicted octanol–water partition coefficient (Wildman–Crippen LogP) is 7.75. The third-order valence-corrected chi connectivity index (χ3v) is 7.11. The molecular formula is C27H36Si. The molecule has 1 aliphatic rings. The van der Waals surface area contributed by atoms with Crippen molar-refractivity contribution in [3.63, 3.8) is 0 Å². The van der Waals surface area contributed by atoms with Gasteiger partial charge in [0.2, 0.25) is 0 Å². The zero-order valence-corrected chi connectivity index (χ0v) is 20.2. The Hall–Kier alpha value is -1.60. The maximum Gasteiger partial charge on any atom is 0.0500 e. The van der Waals surface area contributed by atoms with Crippen LogP contribution in [-0.4, -0.2) is 9.52 Å². The Bertz CT molecular complexity index is 901. The van der Waals surface area contributed by atoms with Crippen LogP contribution in [0.5, 0.6) is 0 Å². The standard InChI is InChI=1S/C27H36Si/c1-17(2)23-22(26(3,4)5)15-14-20(24(23)27(6,7)8)21-16-18-12-10-11-13-19(18)25(21)28-9/h10-17,25H,1-9H3. The van der Waals surface area contributed by atoms with E-state index in [1.165, 1.54) is 27.8 Å². The van der Waals surface area contributed by atoms with E-state index in [0.29, 0.717) is 11.5 Å². The van der Waals surface area contributed by atoms with E-state index in [1.54, 1.807) is 11.1 Å². The smallest absolute Gasteiger partial charge is 0.0500 e. The summed E-state index contributed by atoms with van der Waals surface area (Å²) in [5.41, 5.74) is 11.3. The van der Waals surface area contributed by atoms with Gasteiger partial charge in [-0.05, 0) is 55.7 Å². The van der Waals surface area contributed by atoms with Gasteiger partial charge in [-0.3, -0.25) is 0 Å². The number of rotatable bonds is 3. The Morgan fingerprint density at radius 2 is 1.50 bits per heavy atom. The van der Waals surface area contributed by atoms with Gasteiger partial charge in [0.1, 0.15) is 0 Å². The molecule has 0 spiro atoms. The fraction of sp³-hybridized carbons (Fsp3) is 0.481. The minimum Gasteiger partial charge on any atom is -0.0724 e. The van der Waals surface area contributed by atoms with E-state index < -0.39 is 0 Å². The topological polar surface area (TPSA) is 0 Å². The fourth-order valence-corrected chi connectivity index (χ4v) is 5.91. The molecule has 0 aromatic heterocycles. The van der Waals surface area contributed by atoms with Crippen LogP contribution in [-0.2, 0) is 10.8 Å². The SMILES string of the molecule is C[Si]C1C(c2ccc(C(C)(C)C)c(C(C)C)c2C(C)(C)C)=Cc2ccccc21. The summed E-state index contributed by atoms with van der Waals surface area (Å²) in [6.45, 7) is 21.3. The third-order valence-electron chi connectivity index (χ3n) is 5.91. The van der Waals surface area contributed by atoms with Gasteiger partial charge in [-0.2, -0.15) is 0 Å². The van der Waals surface area contributed by atoms with Gasteiger partial charge in [0.05, 0.1) is 9.52 Å². The highest BCUT2D eigenvalue weighted by Gasteiger charge is 2.33. The highest BCUT2D eigenvalue weighted by Crippen LogP contribution is 2.47. The first-order valence-electron chi connectivity index (χ1n) is 10.6. The van der Waals surface area contributed by atoms with Gasteiger partial charge in [-0.25, -0.2) is 0 Å². The summed E-state index contributed by atoms with van der Waals surface area (Å²) in [7, 11) is 0.873. The van der Waals surface area contributed by atoms with Gasteiger partial charge in [-0.15, -0.1) is 0 Å². The Balaban J connectivity index is 2.33. The molecule has 0 aliphatic heterocycles. The van der Waals surface area contributed by atoms with Crippen LogP contribution in [0.2, 0.25) is 6.55 Å². The summed E-state index contributed by atoms with van der Waals surface area (Å²) >= 11 is 0. The van der Waals surface area contributed by atoms with E-state index in [0.717, 1.165) is 9.52 Å². The predicted molar refractivity (Wildman–Crippen MR) is 127 cm³/mol. The van der Waals surface area contributed by atoms with Gasteiger partial charge >= 0.3 is 0 Å². The average molecular weight is 389 g/mol. The highest BCUT2D eigenvalue weighted by atomic mass is 28.2. The Labute approximate surface area is 175 Å². The first-order chi connectivity index (χ1) is 13.0. The maximum absolute atomic E-state index is 2.46. The average Bonchev–Trinajstić information content (AvgIpc) is 2.97. The highest BCUT2D eigenvalue weighted by molar-refractivity contribution is 6.41. The lowest BCUT2D eigenvalue weighted by Crippen LogP contribution is -2.24. The van der Waals surface area contributed by atoms with Gasteiger partial charge in [0.25, 0.3) is 0 Å². The molecule has 28 heavy (non-hydrogen) atoms. The van der Waals surface area contributed by atoms with Crippen LogP contribution in [0.25, 0.3) is 11.6 Å². The lowest BCUT2D eigenvalue weighted by Gasteiger charge is -2.35. The Kier molecular flexibility index (Phi) is 5.53. The molecule has 1 heteroatoms. The van der Waals surface area contributed by atoms with Crippen molar-refractivity contribution >= 4 is 21.2 Å². The normalized spacial score (nSPS) is 17.1. The third kappa shape index (κ3) is 3.66. The molecule has 0 bridgehead atoms. The van der Waals surface area contributed by atoms with E-state index in [1.807, 2.05) is 0 Å². The second kappa shape index (κ2) is 7.33. The molecular weight excluding hydrogens is 352 g/mol. The molecule has 3 rings (SSSR count). The molecule has 0 N–H and O–H groups in total. The van der Waals surface area contributed by atoms with Crippen LogP contribution >= 0.6 is 0 Å². The first-order valence-corrected chi connectivity index (χ1v) is 12.2. The molecule has 1 unspecified atom stereocenters. The second-order valence-electron chi connectivity index (χ2n) is 10.6. The largest absolute Gasteiger partial charge is 0.0724 e. The minimum atomic E-state index is 0.104. The zero-order valence-electron chi connectivity index (χ0n) is 19.2. The summed E-state index contributed by atoms with van der Waals surface area (Å²) < 4.78 is 0. The van der Waals surface area contributed by atoms with Gasteiger partial charge in [0, 0.05) is 5.54 Å². The molecule has 0 fully saturated rings. The second-order valence-corrected chi connectivity index (χ2v) is 11.7. The van der Waals surface area contributed by atoms with Crippen LogP contribution < -0.4 is 0 Å². The van der Waals surface area contributed by atoms with E-state index in [-0.39, 0.29) is 10.8 Å². The summed E-state index contributed by atoms with van der Waals surface area (Å²) in [5, 5.41) is 0. The molecule has 0 saturated carbocycles. The van der Waals surface area contributed by atoms with E-state index in [2.05, 4.69) is 104 Å². The Morgan fingerprint density at radius 1 is 0.857 bits per heavy atom. The number of benzene rings is 2. The summed E-state index contributed by atoms with van der Waals surface area (Å²) in [6.07, 6.45) is 2.46. The number of allylic oxidation sites excluding steroid dienone is 1. The van der Waals surface area contributed by atoms with Crippen LogP contribution in [0.15, 0.2) is 36.4 Å². The maximum atomic E-state index is 2.46. The number of hydrogen-bond donors (Lipinski definition) is 0. The molecule has 2 aromatic carbocycles. The monoisotopic (exact) mass is 388 g/mol. The van der Waals surface area contributed by atoms with Crippen molar-refractivity contribution in [1.82, 2.24) is 0 Å². The van der Waals surface area contributed by atoms with Crippen molar-refractivity contribution in [2.24, 2.45) is 0 Å². The van der Waals surface area contributed by atoms with E-state index in [4.69, 9.17) is 0 Å². The van der Waals surface area contributed by atoms with Crippen molar-refractivity contribution in [2.45, 2.75) is 84.2 Å². The molecule has 2 radical (unpaired) electrons. The van der Waals surface area contributed by atoms with Gasteiger partial charge < -0.3 is 0 Å². The number of hydrogen-bond acceptors (Lipinski definition) is 0. The summed E-state index contributed by atoms with van der Waals surface area (Å²) in [5.74, 6) is 0.510. The molecule has 1 atom stereocenters. The van der Waals surface area contributed by atoms with Crippen molar-refractivity contribution in [3.8, 4) is 0 Å². The molecule has 148 valence electrons. The molecule has 0 nitrogen and oxygen atoms in total. The lowest BCUT2D eigenvalue weighted by atomic mass is 9.70. The van der Waals surface area contributed by atoms with Crippen LogP contribution in [0.1, 0.15) is 100 Å². The summed E-state index contributed by atoms with van der Waals surface area (Å²) in [4.78, 5) is 0. The van der Waals surface area contributed by atoms with Crippen molar-refractivity contribution in [2.75, 3.05) is 0 Å². The number of fused-ring (bicyclic) bond motifs is 1. The minimum absolute atomic E-state index is 0.104. The van der Waals surface area contributed by atoms with Crippen LogP contribution in [0.3, 0.4) is 0 Å². The molecule has 1 aliphatic carbocycles. The fourth-order valence-electron chi connectivity index (χ4n) is 4.79. The zero-order chi connectivity index (χ0) is 20.9. The van der Waals surface area contributed by atoms with Crippen molar-refractivity contribution in [3.05, 3.63) is 69.8 Å². The lowest BCUT2D eigenvalue weighted by molar-refractivity contribution is 0.545. The van der Waals surface area contributed by atoms with Crippen LogP contribution in [0.4, 0.5) is 0 Å². The quantitative estimate of drug-likeness (QED) is 0.471. The molecule has 2 aromatic rings. The first kappa shape index (κ1) is 21.1. The van der Waals surface area contributed by atoms with Crippen LogP contribution in [0, 0.1) is 0 Å². The van der Waals surface area contributed by atoms with Gasteiger partial charge in [0.15, 0.2) is 0 Å². The Morgan fingerprint density at radius 3 is 2.04 bits per heavy atom. The van der Waals surface area contributed by atoms with Crippen molar-refractivity contribution < 1.29 is 0 Å². The van der Waals surface area contributed by atoms with E-state index in [9.17, 15) is 0 Å². The van der Waals surface area contributed by atoms with E-state index >= 15 is 0 Å². The van der Waals surface area contributed by atoms with Crippen molar-refractivity contribution in [1.29, 1.82) is 0 Å². The summed E-state index contributed by atoms with van der Waals surface area (Å²) in [6, 6.07) is 13.8. The molecule has 0 amide bonds.